The Morgan fingerprint density at radius 2 is 2.23 bits per heavy atom. The molecule has 4 heteroatoms. The molecule has 0 unspecified atom stereocenters. The molecule has 0 aromatic heterocycles. The molecular formula is C9H7ClFNO. The first-order valence-electron chi connectivity index (χ1n) is 3.82. The number of amides is 1. The maximum Gasteiger partial charge on any atom is 0.266 e. The SMILES string of the molecule is C[C@]1(F)C(=O)Nc2cc(Cl)ccc21. The summed E-state index contributed by atoms with van der Waals surface area (Å²) >= 11 is 5.69. The third-order valence-corrected chi connectivity index (χ3v) is 2.40. The molecule has 1 aliphatic rings. The van der Waals surface area contributed by atoms with Crippen molar-refractivity contribution < 1.29 is 9.18 Å². The number of halogens is 2. The topological polar surface area (TPSA) is 29.1 Å². The van der Waals surface area contributed by atoms with Gasteiger partial charge in [-0.2, -0.15) is 0 Å². The van der Waals surface area contributed by atoms with Gasteiger partial charge in [0.25, 0.3) is 5.91 Å². The molecule has 1 amide bonds. The van der Waals surface area contributed by atoms with Crippen molar-refractivity contribution in [2.75, 3.05) is 5.32 Å². The molecule has 0 radical (unpaired) electrons. The van der Waals surface area contributed by atoms with Crippen LogP contribution in [0, 0.1) is 0 Å². The van der Waals surface area contributed by atoms with Crippen molar-refractivity contribution in [3.05, 3.63) is 28.8 Å². The minimum absolute atomic E-state index is 0.349. The van der Waals surface area contributed by atoms with Gasteiger partial charge in [-0.15, -0.1) is 0 Å². The molecule has 1 heterocycles. The van der Waals surface area contributed by atoms with E-state index in [1.807, 2.05) is 0 Å². The van der Waals surface area contributed by atoms with E-state index in [0.29, 0.717) is 16.3 Å². The smallest absolute Gasteiger partial charge is 0.266 e. The molecule has 1 aromatic carbocycles. The highest BCUT2D eigenvalue weighted by Gasteiger charge is 2.42. The Bertz CT molecular complexity index is 389. The summed E-state index contributed by atoms with van der Waals surface area (Å²) < 4.78 is 13.7. The molecule has 2 rings (SSSR count). The molecule has 1 aliphatic heterocycles. The normalized spacial score (nSPS) is 25.6. The molecular weight excluding hydrogens is 193 g/mol. The van der Waals surface area contributed by atoms with Gasteiger partial charge in [0.1, 0.15) is 0 Å². The van der Waals surface area contributed by atoms with Gasteiger partial charge in [0.2, 0.25) is 5.67 Å². The average Bonchev–Trinajstić information content (AvgIpc) is 2.23. The molecule has 0 aliphatic carbocycles. The number of anilines is 1. The maximum absolute atomic E-state index is 13.7. The number of nitrogens with one attached hydrogen (secondary N) is 1. The highest BCUT2D eigenvalue weighted by atomic mass is 35.5. The summed E-state index contributed by atoms with van der Waals surface area (Å²) in [4.78, 5) is 11.1. The first kappa shape index (κ1) is 8.51. The van der Waals surface area contributed by atoms with Crippen LogP contribution in [0.5, 0.6) is 0 Å². The minimum Gasteiger partial charge on any atom is -0.323 e. The number of rotatable bonds is 0. The van der Waals surface area contributed by atoms with Crippen molar-refractivity contribution in [1.29, 1.82) is 0 Å². The number of carbonyl (C=O) groups is 1. The number of hydrogen-bond donors (Lipinski definition) is 1. The molecule has 0 saturated carbocycles. The predicted molar refractivity (Wildman–Crippen MR) is 48.5 cm³/mol. The lowest BCUT2D eigenvalue weighted by molar-refractivity contribution is -0.125. The van der Waals surface area contributed by atoms with E-state index in [1.54, 1.807) is 12.1 Å². The van der Waals surface area contributed by atoms with Crippen LogP contribution >= 0.6 is 11.6 Å². The Labute approximate surface area is 79.7 Å². The highest BCUT2D eigenvalue weighted by Crippen LogP contribution is 2.39. The molecule has 1 atom stereocenters. The third-order valence-electron chi connectivity index (χ3n) is 2.16. The summed E-state index contributed by atoms with van der Waals surface area (Å²) in [6.07, 6.45) is 0. The van der Waals surface area contributed by atoms with E-state index in [1.165, 1.54) is 13.0 Å². The fourth-order valence-corrected chi connectivity index (χ4v) is 1.56. The van der Waals surface area contributed by atoms with Crippen LogP contribution in [-0.2, 0) is 10.5 Å². The number of alkyl halides is 1. The van der Waals surface area contributed by atoms with Gasteiger partial charge in [0, 0.05) is 16.3 Å². The lowest BCUT2D eigenvalue weighted by Gasteiger charge is -2.09. The Balaban J connectivity index is 2.62. The van der Waals surface area contributed by atoms with Crippen LogP contribution in [0.25, 0.3) is 0 Å². The molecule has 13 heavy (non-hydrogen) atoms. The van der Waals surface area contributed by atoms with E-state index in [2.05, 4.69) is 5.32 Å². The maximum atomic E-state index is 13.7. The molecule has 1 aromatic rings. The Morgan fingerprint density at radius 3 is 2.92 bits per heavy atom. The Kier molecular flexibility index (Phi) is 1.60. The molecule has 68 valence electrons. The fourth-order valence-electron chi connectivity index (χ4n) is 1.39. The van der Waals surface area contributed by atoms with Gasteiger partial charge >= 0.3 is 0 Å². The second-order valence-electron chi connectivity index (χ2n) is 3.15. The van der Waals surface area contributed by atoms with Gasteiger partial charge in [-0.25, -0.2) is 4.39 Å². The third kappa shape index (κ3) is 1.11. The summed E-state index contributed by atoms with van der Waals surface area (Å²) in [7, 11) is 0. The molecule has 2 nitrogen and oxygen atoms in total. The second-order valence-corrected chi connectivity index (χ2v) is 3.58. The number of carbonyl (C=O) groups excluding carboxylic acids is 1. The highest BCUT2D eigenvalue weighted by molar-refractivity contribution is 6.31. The zero-order valence-corrected chi connectivity index (χ0v) is 7.65. The van der Waals surface area contributed by atoms with Crippen molar-refractivity contribution >= 4 is 23.2 Å². The second kappa shape index (κ2) is 2.45. The lowest BCUT2D eigenvalue weighted by atomic mass is 10.0. The van der Waals surface area contributed by atoms with E-state index in [9.17, 15) is 9.18 Å². The number of benzene rings is 1. The van der Waals surface area contributed by atoms with Crippen LogP contribution in [0.4, 0.5) is 10.1 Å². The van der Waals surface area contributed by atoms with E-state index in [0.717, 1.165) is 0 Å². The largest absolute Gasteiger partial charge is 0.323 e. The summed E-state index contributed by atoms with van der Waals surface area (Å²) in [6, 6.07) is 4.63. The zero-order valence-electron chi connectivity index (χ0n) is 6.90. The van der Waals surface area contributed by atoms with Crippen LogP contribution in [0.15, 0.2) is 18.2 Å². The van der Waals surface area contributed by atoms with Crippen LogP contribution in [0.1, 0.15) is 12.5 Å². The molecule has 0 spiro atoms. The molecule has 0 saturated heterocycles. The van der Waals surface area contributed by atoms with Gasteiger partial charge in [-0.05, 0) is 19.1 Å². The number of fused-ring (bicyclic) bond motifs is 1. The van der Waals surface area contributed by atoms with Crippen molar-refractivity contribution in [3.63, 3.8) is 0 Å². The molecule has 1 N–H and O–H groups in total. The summed E-state index contributed by atoms with van der Waals surface area (Å²) in [5.74, 6) is -0.634. The summed E-state index contributed by atoms with van der Waals surface area (Å²) in [5, 5.41) is 2.91. The van der Waals surface area contributed by atoms with Gasteiger partial charge in [-0.1, -0.05) is 17.7 Å². The van der Waals surface area contributed by atoms with Crippen LogP contribution in [0.3, 0.4) is 0 Å². The minimum atomic E-state index is -1.93. The fraction of sp³-hybridized carbons (Fsp3) is 0.222. The first-order chi connectivity index (χ1) is 6.01. The van der Waals surface area contributed by atoms with Crippen molar-refractivity contribution in [2.24, 2.45) is 0 Å². The lowest BCUT2D eigenvalue weighted by Crippen LogP contribution is -2.25. The van der Waals surface area contributed by atoms with E-state index in [-0.39, 0.29) is 0 Å². The predicted octanol–water partition coefficient (Wildman–Crippen LogP) is 2.48. The molecule has 0 fully saturated rings. The van der Waals surface area contributed by atoms with Crippen LogP contribution in [-0.4, -0.2) is 5.91 Å². The van der Waals surface area contributed by atoms with Gasteiger partial charge in [-0.3, -0.25) is 4.79 Å². The van der Waals surface area contributed by atoms with Gasteiger partial charge < -0.3 is 5.32 Å². The van der Waals surface area contributed by atoms with Crippen molar-refractivity contribution in [3.8, 4) is 0 Å². The van der Waals surface area contributed by atoms with Crippen molar-refractivity contribution in [1.82, 2.24) is 0 Å². The van der Waals surface area contributed by atoms with Gasteiger partial charge in [0.15, 0.2) is 0 Å². The summed E-state index contributed by atoms with van der Waals surface area (Å²) in [6.45, 7) is 1.24. The van der Waals surface area contributed by atoms with E-state index < -0.39 is 11.6 Å². The quantitative estimate of drug-likeness (QED) is 0.684. The van der Waals surface area contributed by atoms with E-state index >= 15 is 0 Å². The van der Waals surface area contributed by atoms with E-state index in [4.69, 9.17) is 11.6 Å². The van der Waals surface area contributed by atoms with Gasteiger partial charge in [0.05, 0.1) is 0 Å². The average molecular weight is 200 g/mol. The van der Waals surface area contributed by atoms with Crippen molar-refractivity contribution in [2.45, 2.75) is 12.6 Å². The summed E-state index contributed by atoms with van der Waals surface area (Å²) in [5.41, 5.74) is -1.12. The van der Waals surface area contributed by atoms with Crippen LogP contribution in [0.2, 0.25) is 5.02 Å². The standard InChI is InChI=1S/C9H7ClFNO/c1-9(11)6-3-2-5(10)4-7(6)12-8(9)13/h2-4H,1H3,(H,12,13)/t9-/m1/s1. The first-order valence-corrected chi connectivity index (χ1v) is 4.20. The monoisotopic (exact) mass is 199 g/mol. The number of hydrogen-bond acceptors (Lipinski definition) is 1. The van der Waals surface area contributed by atoms with Crippen LogP contribution < -0.4 is 5.32 Å². The zero-order chi connectivity index (χ0) is 9.64. The Morgan fingerprint density at radius 1 is 1.54 bits per heavy atom. The molecule has 0 bridgehead atoms. The Hall–Kier alpha value is -1.09.